The van der Waals surface area contributed by atoms with E-state index in [0.29, 0.717) is 13.2 Å². The maximum Gasteiger partial charge on any atom is 0.245 e. The maximum atomic E-state index is 12.0. The number of ether oxygens (including phenoxy) is 1. The van der Waals surface area contributed by atoms with E-state index in [0.717, 1.165) is 12.8 Å². The summed E-state index contributed by atoms with van der Waals surface area (Å²) >= 11 is 0. The normalized spacial score (nSPS) is 26.5. The summed E-state index contributed by atoms with van der Waals surface area (Å²) < 4.78 is 5.27. The molecule has 2 amide bonds. The average molecular weight is 241 g/mol. The Morgan fingerprint density at radius 2 is 2.18 bits per heavy atom. The van der Waals surface area contributed by atoms with Crippen LogP contribution in [0.3, 0.4) is 0 Å². The van der Waals surface area contributed by atoms with Crippen LogP contribution in [0, 0.1) is 0 Å². The zero-order valence-electron chi connectivity index (χ0n) is 10.0. The molecule has 3 N–H and O–H groups in total. The molecule has 6 nitrogen and oxygen atoms in total. The predicted octanol–water partition coefficient (Wildman–Crippen LogP) is -1.16. The van der Waals surface area contributed by atoms with Gasteiger partial charge in [-0.15, -0.1) is 0 Å². The van der Waals surface area contributed by atoms with Crippen molar-refractivity contribution in [2.45, 2.75) is 37.9 Å². The van der Waals surface area contributed by atoms with Gasteiger partial charge in [0.05, 0.1) is 19.3 Å². The van der Waals surface area contributed by atoms with Crippen LogP contribution in [0.15, 0.2) is 0 Å². The average Bonchev–Trinajstić information content (AvgIpc) is 3.11. The van der Waals surface area contributed by atoms with Crippen molar-refractivity contribution in [3.8, 4) is 0 Å². The Balaban J connectivity index is 2.00. The highest BCUT2D eigenvalue weighted by Gasteiger charge is 2.36. The molecule has 2 atom stereocenters. The lowest BCUT2D eigenvalue weighted by molar-refractivity contribution is -0.149. The highest BCUT2D eigenvalue weighted by Crippen LogP contribution is 2.19. The van der Waals surface area contributed by atoms with Crippen molar-refractivity contribution < 1.29 is 14.3 Å². The monoisotopic (exact) mass is 241 g/mol. The number of carbonyl (C=O) groups is 2. The van der Waals surface area contributed by atoms with Crippen molar-refractivity contribution >= 4 is 11.8 Å². The molecule has 2 rings (SSSR count). The highest BCUT2D eigenvalue weighted by atomic mass is 16.5. The first-order valence-corrected chi connectivity index (χ1v) is 6.04. The fraction of sp³-hybridized carbons (Fsp3) is 0.818. The van der Waals surface area contributed by atoms with Crippen LogP contribution in [-0.2, 0) is 14.3 Å². The van der Waals surface area contributed by atoms with Gasteiger partial charge in [-0.3, -0.25) is 9.59 Å². The molecule has 2 aliphatic rings. The van der Waals surface area contributed by atoms with E-state index >= 15 is 0 Å². The van der Waals surface area contributed by atoms with Gasteiger partial charge in [0.25, 0.3) is 0 Å². The van der Waals surface area contributed by atoms with Crippen LogP contribution in [-0.4, -0.2) is 54.6 Å². The lowest BCUT2D eigenvalue weighted by atomic mass is 10.1. The van der Waals surface area contributed by atoms with Crippen LogP contribution in [0.4, 0.5) is 0 Å². The van der Waals surface area contributed by atoms with E-state index in [1.165, 1.54) is 4.90 Å². The van der Waals surface area contributed by atoms with E-state index in [1.807, 2.05) is 0 Å². The van der Waals surface area contributed by atoms with Crippen molar-refractivity contribution in [2.75, 3.05) is 19.8 Å². The first-order valence-electron chi connectivity index (χ1n) is 6.04. The van der Waals surface area contributed by atoms with Crippen LogP contribution >= 0.6 is 0 Å². The molecule has 1 unspecified atom stereocenters. The molecule has 1 aliphatic carbocycles. The Kier molecular flexibility index (Phi) is 3.63. The fourth-order valence-corrected chi connectivity index (χ4v) is 1.87. The molecular formula is C11H19N3O3. The molecular weight excluding hydrogens is 222 g/mol. The zero-order chi connectivity index (χ0) is 12.4. The molecule has 1 heterocycles. The topological polar surface area (TPSA) is 84.7 Å². The van der Waals surface area contributed by atoms with Gasteiger partial charge < -0.3 is 20.7 Å². The first-order chi connectivity index (χ1) is 8.09. The number of amides is 2. The third-order valence-corrected chi connectivity index (χ3v) is 3.03. The SMILES string of the molecule is C[C@@H](N)C(=O)N1CCOCC1C(=O)NC1CC1. The molecule has 0 radical (unpaired) electrons. The highest BCUT2D eigenvalue weighted by molar-refractivity contribution is 5.90. The molecule has 1 aliphatic heterocycles. The Morgan fingerprint density at radius 3 is 2.76 bits per heavy atom. The minimum absolute atomic E-state index is 0.124. The Morgan fingerprint density at radius 1 is 1.47 bits per heavy atom. The van der Waals surface area contributed by atoms with E-state index in [9.17, 15) is 9.59 Å². The number of hydrogen-bond donors (Lipinski definition) is 2. The lowest BCUT2D eigenvalue weighted by Crippen LogP contribution is -2.59. The van der Waals surface area contributed by atoms with Crippen LogP contribution < -0.4 is 11.1 Å². The number of hydrogen-bond acceptors (Lipinski definition) is 4. The molecule has 1 saturated heterocycles. The second-order valence-electron chi connectivity index (χ2n) is 4.69. The van der Waals surface area contributed by atoms with E-state index < -0.39 is 12.1 Å². The second-order valence-corrected chi connectivity index (χ2v) is 4.69. The molecule has 0 spiro atoms. The van der Waals surface area contributed by atoms with Crippen molar-refractivity contribution in [3.05, 3.63) is 0 Å². The van der Waals surface area contributed by atoms with Gasteiger partial charge in [0.1, 0.15) is 6.04 Å². The molecule has 2 fully saturated rings. The summed E-state index contributed by atoms with van der Waals surface area (Å²) in [6.07, 6.45) is 2.06. The Labute approximate surface area is 100 Å². The number of carbonyl (C=O) groups excluding carboxylic acids is 2. The first kappa shape index (κ1) is 12.3. The Bertz CT molecular complexity index is 315. The summed E-state index contributed by atoms with van der Waals surface area (Å²) in [4.78, 5) is 25.4. The van der Waals surface area contributed by atoms with E-state index in [1.54, 1.807) is 6.92 Å². The van der Waals surface area contributed by atoms with Crippen molar-refractivity contribution in [2.24, 2.45) is 5.73 Å². The lowest BCUT2D eigenvalue weighted by Gasteiger charge is -2.35. The summed E-state index contributed by atoms with van der Waals surface area (Å²) in [5.41, 5.74) is 5.58. The van der Waals surface area contributed by atoms with Crippen LogP contribution in [0.5, 0.6) is 0 Å². The summed E-state index contributed by atoms with van der Waals surface area (Å²) in [6, 6.07) is -0.816. The van der Waals surface area contributed by atoms with Crippen LogP contribution in [0.1, 0.15) is 19.8 Å². The maximum absolute atomic E-state index is 12.0. The summed E-state index contributed by atoms with van der Waals surface area (Å²) in [7, 11) is 0. The molecule has 0 aromatic heterocycles. The van der Waals surface area contributed by atoms with Gasteiger partial charge in [0.2, 0.25) is 11.8 Å². The van der Waals surface area contributed by atoms with E-state index in [2.05, 4.69) is 5.32 Å². The van der Waals surface area contributed by atoms with Gasteiger partial charge in [-0.25, -0.2) is 0 Å². The number of rotatable bonds is 3. The van der Waals surface area contributed by atoms with Crippen molar-refractivity contribution in [3.63, 3.8) is 0 Å². The minimum Gasteiger partial charge on any atom is -0.377 e. The molecule has 96 valence electrons. The van der Waals surface area contributed by atoms with Crippen molar-refractivity contribution in [1.82, 2.24) is 10.2 Å². The molecule has 0 aromatic carbocycles. The third-order valence-electron chi connectivity index (χ3n) is 3.03. The fourth-order valence-electron chi connectivity index (χ4n) is 1.87. The van der Waals surface area contributed by atoms with Gasteiger partial charge >= 0.3 is 0 Å². The van der Waals surface area contributed by atoms with E-state index in [4.69, 9.17) is 10.5 Å². The van der Waals surface area contributed by atoms with E-state index in [-0.39, 0.29) is 24.5 Å². The van der Waals surface area contributed by atoms with Gasteiger partial charge in [0, 0.05) is 12.6 Å². The largest absolute Gasteiger partial charge is 0.377 e. The zero-order valence-corrected chi connectivity index (χ0v) is 10.0. The Hall–Kier alpha value is -1.14. The third kappa shape index (κ3) is 2.95. The predicted molar refractivity (Wildman–Crippen MR) is 61.1 cm³/mol. The number of nitrogens with two attached hydrogens (primary N) is 1. The number of morpholine rings is 1. The van der Waals surface area contributed by atoms with Crippen LogP contribution in [0.25, 0.3) is 0 Å². The molecule has 0 aromatic rings. The summed E-state index contributed by atoms with van der Waals surface area (Å²) in [6.45, 7) is 2.79. The van der Waals surface area contributed by atoms with Gasteiger partial charge in [-0.1, -0.05) is 0 Å². The standard InChI is InChI=1S/C11H19N3O3/c1-7(12)11(16)14-4-5-17-6-9(14)10(15)13-8-2-3-8/h7-9H,2-6,12H2,1H3,(H,13,15)/t7-,9?/m1/s1. The van der Waals surface area contributed by atoms with Crippen molar-refractivity contribution in [1.29, 1.82) is 0 Å². The van der Waals surface area contributed by atoms with Gasteiger partial charge in [-0.05, 0) is 19.8 Å². The number of nitrogens with one attached hydrogen (secondary N) is 1. The molecule has 6 heteroatoms. The smallest absolute Gasteiger partial charge is 0.245 e. The molecule has 0 bridgehead atoms. The second kappa shape index (κ2) is 5.01. The minimum atomic E-state index is -0.579. The summed E-state index contributed by atoms with van der Waals surface area (Å²) in [5, 5.41) is 2.89. The summed E-state index contributed by atoms with van der Waals surface area (Å²) in [5.74, 6) is -0.314. The molecule has 17 heavy (non-hydrogen) atoms. The molecule has 1 saturated carbocycles. The van der Waals surface area contributed by atoms with Crippen LogP contribution in [0.2, 0.25) is 0 Å². The quantitative estimate of drug-likeness (QED) is 0.652. The van der Waals surface area contributed by atoms with Gasteiger partial charge in [-0.2, -0.15) is 0 Å². The van der Waals surface area contributed by atoms with Gasteiger partial charge in [0.15, 0.2) is 0 Å². The number of nitrogens with zero attached hydrogens (tertiary/aromatic N) is 1.